The summed E-state index contributed by atoms with van der Waals surface area (Å²) in [6.45, 7) is 2.45. The molecule has 4 rings (SSSR count). The van der Waals surface area contributed by atoms with Crippen molar-refractivity contribution in [3.63, 3.8) is 0 Å². The van der Waals surface area contributed by atoms with Crippen LogP contribution in [0.2, 0.25) is 0 Å². The Morgan fingerprint density at radius 1 is 1.18 bits per heavy atom. The summed E-state index contributed by atoms with van der Waals surface area (Å²) in [7, 11) is 0. The molecule has 4 aliphatic rings. The highest BCUT2D eigenvalue weighted by atomic mass is 16.5. The van der Waals surface area contributed by atoms with Gasteiger partial charge in [0.25, 0.3) is 0 Å². The minimum Gasteiger partial charge on any atom is -0.386 e. The molecule has 3 N–H and O–H groups in total. The molecule has 4 aliphatic carbocycles. The molecule has 4 saturated carbocycles. The van der Waals surface area contributed by atoms with E-state index in [-0.39, 0.29) is 12.1 Å². The predicted octanol–water partition coefficient (Wildman–Crippen LogP) is 1.68. The molecule has 0 radical (unpaired) electrons. The van der Waals surface area contributed by atoms with E-state index in [1.54, 1.807) is 6.92 Å². The highest BCUT2D eigenvalue weighted by Crippen LogP contribution is 2.57. The van der Waals surface area contributed by atoms with Gasteiger partial charge < -0.3 is 15.6 Å². The number of nitrogens with two attached hydrogens (primary N) is 1. The summed E-state index contributed by atoms with van der Waals surface area (Å²) < 4.78 is 6.17. The van der Waals surface area contributed by atoms with Crippen LogP contribution < -0.4 is 5.73 Å². The fourth-order valence-corrected chi connectivity index (χ4v) is 4.58. The maximum absolute atomic E-state index is 9.97. The van der Waals surface area contributed by atoms with Gasteiger partial charge in [-0.3, -0.25) is 0 Å². The Bertz CT molecular complexity index is 265. The lowest BCUT2D eigenvalue weighted by molar-refractivity contribution is -0.187. The van der Waals surface area contributed by atoms with Crippen LogP contribution in [0.3, 0.4) is 0 Å². The average Bonchev–Trinajstić information content (AvgIpc) is 2.25. The van der Waals surface area contributed by atoms with Crippen LogP contribution in [0, 0.1) is 17.8 Å². The summed E-state index contributed by atoms with van der Waals surface area (Å²) in [5, 5.41) is 9.97. The normalized spacial score (nSPS) is 47.1. The van der Waals surface area contributed by atoms with Crippen molar-refractivity contribution < 1.29 is 9.84 Å². The zero-order valence-corrected chi connectivity index (χ0v) is 10.8. The molecule has 0 spiro atoms. The average molecular weight is 239 g/mol. The minimum absolute atomic E-state index is 0.0912. The van der Waals surface area contributed by atoms with Crippen LogP contribution in [0.5, 0.6) is 0 Å². The summed E-state index contributed by atoms with van der Waals surface area (Å²) in [5.41, 5.74) is 4.79. The van der Waals surface area contributed by atoms with Crippen LogP contribution in [0.25, 0.3) is 0 Å². The highest BCUT2D eigenvalue weighted by Gasteiger charge is 2.52. The smallest absolute Gasteiger partial charge is 0.0973 e. The Hall–Kier alpha value is -0.120. The molecule has 0 saturated heterocycles. The van der Waals surface area contributed by atoms with Crippen molar-refractivity contribution in [1.82, 2.24) is 0 Å². The van der Waals surface area contributed by atoms with Gasteiger partial charge in [-0.25, -0.2) is 0 Å². The van der Waals surface area contributed by atoms with E-state index in [4.69, 9.17) is 10.5 Å². The Balaban J connectivity index is 1.66. The van der Waals surface area contributed by atoms with Gasteiger partial charge in [0.2, 0.25) is 0 Å². The molecule has 0 aromatic carbocycles. The standard InChI is InChI=1S/C14H25NO2/c1-13(16,8-15)9-17-14-5-10-2-11(6-14)4-12(3-10)7-14/h10-12,16H,2-9,15H2,1H3. The van der Waals surface area contributed by atoms with Crippen LogP contribution in [0.15, 0.2) is 0 Å². The first-order valence-electron chi connectivity index (χ1n) is 7.07. The van der Waals surface area contributed by atoms with Gasteiger partial charge in [0, 0.05) is 6.54 Å². The highest BCUT2D eigenvalue weighted by molar-refractivity contribution is 5.03. The maximum atomic E-state index is 9.97. The quantitative estimate of drug-likeness (QED) is 0.785. The Morgan fingerprint density at radius 3 is 2.06 bits per heavy atom. The van der Waals surface area contributed by atoms with E-state index in [0.717, 1.165) is 17.8 Å². The lowest BCUT2D eigenvalue weighted by Gasteiger charge is -2.56. The van der Waals surface area contributed by atoms with E-state index in [1.165, 1.54) is 38.5 Å². The van der Waals surface area contributed by atoms with Gasteiger partial charge in [-0.2, -0.15) is 0 Å². The predicted molar refractivity (Wildman–Crippen MR) is 66.5 cm³/mol. The summed E-state index contributed by atoms with van der Waals surface area (Å²) in [5.74, 6) is 2.68. The first-order valence-corrected chi connectivity index (χ1v) is 7.07. The van der Waals surface area contributed by atoms with Crippen molar-refractivity contribution in [1.29, 1.82) is 0 Å². The second-order valence-electron chi connectivity index (χ2n) is 7.09. The third-order valence-electron chi connectivity index (χ3n) is 5.11. The van der Waals surface area contributed by atoms with E-state index in [0.29, 0.717) is 6.61 Å². The summed E-state index contributed by atoms with van der Waals surface area (Å²) in [6, 6.07) is 0. The van der Waals surface area contributed by atoms with Crippen molar-refractivity contribution in [2.75, 3.05) is 13.2 Å². The van der Waals surface area contributed by atoms with Crippen molar-refractivity contribution >= 4 is 0 Å². The van der Waals surface area contributed by atoms with Gasteiger partial charge >= 0.3 is 0 Å². The molecule has 0 aromatic rings. The Morgan fingerprint density at radius 2 is 1.65 bits per heavy atom. The van der Waals surface area contributed by atoms with E-state index < -0.39 is 5.60 Å². The molecule has 0 aliphatic heterocycles. The molecule has 3 heteroatoms. The molecule has 4 fully saturated rings. The SMILES string of the molecule is CC(O)(CN)COC12CC3CC(CC(C3)C1)C2. The second-order valence-corrected chi connectivity index (χ2v) is 7.09. The largest absolute Gasteiger partial charge is 0.386 e. The summed E-state index contributed by atoms with van der Waals surface area (Å²) in [4.78, 5) is 0. The topological polar surface area (TPSA) is 55.5 Å². The van der Waals surface area contributed by atoms with Crippen molar-refractivity contribution in [3.05, 3.63) is 0 Å². The monoisotopic (exact) mass is 239 g/mol. The number of aliphatic hydroxyl groups is 1. The molecule has 1 unspecified atom stereocenters. The molecular weight excluding hydrogens is 214 g/mol. The fourth-order valence-electron chi connectivity index (χ4n) is 4.58. The Kier molecular flexibility index (Phi) is 2.77. The number of hydrogen-bond donors (Lipinski definition) is 2. The lowest BCUT2D eigenvalue weighted by Crippen LogP contribution is -2.54. The number of hydrogen-bond acceptors (Lipinski definition) is 3. The summed E-state index contributed by atoms with van der Waals surface area (Å²) >= 11 is 0. The molecule has 0 amide bonds. The third-order valence-corrected chi connectivity index (χ3v) is 5.11. The van der Waals surface area contributed by atoms with Crippen LogP contribution in [-0.2, 0) is 4.74 Å². The Labute approximate surface area is 104 Å². The van der Waals surface area contributed by atoms with Gasteiger partial charge in [0.15, 0.2) is 0 Å². The lowest BCUT2D eigenvalue weighted by atomic mass is 9.54. The number of ether oxygens (including phenoxy) is 1. The number of rotatable bonds is 4. The van der Waals surface area contributed by atoms with E-state index in [9.17, 15) is 5.11 Å². The molecule has 17 heavy (non-hydrogen) atoms. The van der Waals surface area contributed by atoms with Gasteiger partial charge in [-0.1, -0.05) is 0 Å². The van der Waals surface area contributed by atoms with E-state index in [1.807, 2.05) is 0 Å². The second kappa shape index (κ2) is 3.94. The third kappa shape index (κ3) is 2.25. The fraction of sp³-hybridized carbons (Fsp3) is 1.00. The molecule has 1 atom stereocenters. The molecule has 98 valence electrons. The van der Waals surface area contributed by atoms with Crippen molar-refractivity contribution in [3.8, 4) is 0 Å². The maximum Gasteiger partial charge on any atom is 0.0973 e. The van der Waals surface area contributed by atoms with Crippen LogP contribution in [0.4, 0.5) is 0 Å². The van der Waals surface area contributed by atoms with Crippen molar-refractivity contribution in [2.24, 2.45) is 23.5 Å². The van der Waals surface area contributed by atoms with Crippen LogP contribution in [-0.4, -0.2) is 29.5 Å². The zero-order valence-electron chi connectivity index (χ0n) is 10.8. The van der Waals surface area contributed by atoms with E-state index >= 15 is 0 Å². The molecule has 4 bridgehead atoms. The first-order chi connectivity index (χ1) is 8.00. The van der Waals surface area contributed by atoms with E-state index in [2.05, 4.69) is 0 Å². The molecule has 3 nitrogen and oxygen atoms in total. The van der Waals surface area contributed by atoms with Gasteiger partial charge in [0.05, 0.1) is 17.8 Å². The van der Waals surface area contributed by atoms with Gasteiger partial charge in [-0.05, 0) is 63.2 Å². The zero-order chi connectivity index (χ0) is 12.1. The first kappa shape index (κ1) is 11.9. The van der Waals surface area contributed by atoms with Crippen LogP contribution in [0.1, 0.15) is 45.4 Å². The molecular formula is C14H25NO2. The summed E-state index contributed by atoms with van der Waals surface area (Å²) in [6.07, 6.45) is 7.95. The van der Waals surface area contributed by atoms with Crippen LogP contribution >= 0.6 is 0 Å². The molecule has 0 aromatic heterocycles. The molecule has 0 heterocycles. The van der Waals surface area contributed by atoms with Crippen molar-refractivity contribution in [2.45, 2.75) is 56.7 Å². The van der Waals surface area contributed by atoms with Gasteiger partial charge in [0.1, 0.15) is 0 Å². The minimum atomic E-state index is -0.858. The van der Waals surface area contributed by atoms with Gasteiger partial charge in [-0.15, -0.1) is 0 Å².